The smallest absolute Gasteiger partial charge is 0.306 e. The summed E-state index contributed by atoms with van der Waals surface area (Å²) in [5.41, 5.74) is 0. The zero-order valence-corrected chi connectivity index (χ0v) is 25.1. The molecule has 0 aromatic heterocycles. The summed E-state index contributed by atoms with van der Waals surface area (Å²) in [5, 5.41) is 20.0. The van der Waals surface area contributed by atoms with Crippen LogP contribution in [0.1, 0.15) is 148 Å². The molecule has 0 aromatic carbocycles. The number of hydrogen-bond acceptors (Lipinski definition) is 7. The minimum atomic E-state index is -1.37. The quantitative estimate of drug-likeness (QED) is 0.0924. The monoisotopic (exact) mass is 556 g/mol. The van der Waals surface area contributed by atoms with Gasteiger partial charge in [-0.1, -0.05) is 135 Å². The van der Waals surface area contributed by atoms with Crippen molar-refractivity contribution in [3.63, 3.8) is 0 Å². The van der Waals surface area contributed by atoms with Gasteiger partial charge in [0.15, 0.2) is 12.2 Å². The number of carbonyl (C=O) groups excluding carboxylic acids is 1. The Morgan fingerprint density at radius 3 is 1.54 bits per heavy atom. The van der Waals surface area contributed by atoms with Crippen LogP contribution in [0.5, 0.6) is 0 Å². The van der Waals surface area contributed by atoms with E-state index >= 15 is 0 Å². The summed E-state index contributed by atoms with van der Waals surface area (Å²) in [4.78, 5) is 12.4. The van der Waals surface area contributed by atoms with Crippen LogP contribution in [0, 0.1) is 0 Å². The predicted octanol–water partition coefficient (Wildman–Crippen LogP) is 7.00. The van der Waals surface area contributed by atoms with Crippen LogP contribution in [0.3, 0.4) is 0 Å². The van der Waals surface area contributed by atoms with Gasteiger partial charge in [0.25, 0.3) is 0 Å². The van der Waals surface area contributed by atoms with Crippen molar-refractivity contribution < 1.29 is 34.0 Å². The van der Waals surface area contributed by atoms with Crippen molar-refractivity contribution in [2.45, 2.75) is 172 Å². The third-order valence-electron chi connectivity index (χ3n) is 8.31. The average Bonchev–Trinajstić information content (AvgIpc) is 3.57. The second-order valence-electron chi connectivity index (χ2n) is 11.8. The van der Waals surface area contributed by atoms with Crippen molar-refractivity contribution in [3.05, 3.63) is 0 Å². The predicted molar refractivity (Wildman–Crippen MR) is 155 cm³/mol. The average molecular weight is 557 g/mol. The lowest BCUT2D eigenvalue weighted by molar-refractivity contribution is -0.257. The number of hydrogen-bond donors (Lipinski definition) is 2. The SMILES string of the molecule is CCCCCCCCCCCCCCCCCCCCCCCC(=O)O[C@@H]1[C@@H](O)CO[C@@H]1C1(CO)OCCO1. The van der Waals surface area contributed by atoms with Crippen LogP contribution in [0.2, 0.25) is 0 Å². The molecule has 2 rings (SSSR count). The van der Waals surface area contributed by atoms with E-state index in [1.54, 1.807) is 0 Å². The van der Waals surface area contributed by atoms with Gasteiger partial charge in [0.05, 0.1) is 19.8 Å². The van der Waals surface area contributed by atoms with E-state index < -0.39 is 30.7 Å². The normalized spacial score (nSPS) is 22.5. The Bertz CT molecular complexity index is 593. The first kappa shape index (κ1) is 34.5. The highest BCUT2D eigenvalue weighted by Gasteiger charge is 2.55. The largest absolute Gasteiger partial charge is 0.456 e. The molecule has 230 valence electrons. The fraction of sp³-hybridized carbons (Fsp3) is 0.969. The molecule has 2 heterocycles. The molecule has 0 radical (unpaired) electrons. The Morgan fingerprint density at radius 2 is 1.13 bits per heavy atom. The molecule has 2 N–H and O–H groups in total. The Kier molecular flexibility index (Phi) is 19.4. The lowest BCUT2D eigenvalue weighted by atomic mass is 10.0. The van der Waals surface area contributed by atoms with E-state index in [0.29, 0.717) is 19.6 Å². The molecule has 0 bridgehead atoms. The maximum Gasteiger partial charge on any atom is 0.306 e. The molecule has 0 unspecified atom stereocenters. The van der Waals surface area contributed by atoms with Crippen LogP contribution in [0.15, 0.2) is 0 Å². The van der Waals surface area contributed by atoms with E-state index in [1.165, 1.54) is 116 Å². The number of aliphatic hydroxyl groups is 2. The highest BCUT2D eigenvalue weighted by atomic mass is 16.8. The molecule has 0 saturated carbocycles. The Labute approximate surface area is 238 Å². The second kappa shape index (κ2) is 21.9. The first-order valence-electron chi connectivity index (χ1n) is 16.5. The van der Waals surface area contributed by atoms with Crippen molar-refractivity contribution >= 4 is 5.97 Å². The summed E-state index contributed by atoms with van der Waals surface area (Å²) in [6.45, 7) is 2.55. The maximum absolute atomic E-state index is 12.4. The molecule has 2 aliphatic heterocycles. The Morgan fingerprint density at radius 1 is 0.718 bits per heavy atom. The van der Waals surface area contributed by atoms with Gasteiger partial charge < -0.3 is 29.2 Å². The topological polar surface area (TPSA) is 94.5 Å². The van der Waals surface area contributed by atoms with Gasteiger partial charge in [0, 0.05) is 6.42 Å². The molecular formula is C32H60O7. The summed E-state index contributed by atoms with van der Waals surface area (Å²) in [6.07, 6.45) is 25.5. The highest BCUT2D eigenvalue weighted by Crippen LogP contribution is 2.34. The Balaban J connectivity index is 1.34. The van der Waals surface area contributed by atoms with Crippen LogP contribution >= 0.6 is 0 Å². The summed E-state index contributed by atoms with van der Waals surface area (Å²) < 4.78 is 22.2. The Hall–Kier alpha value is -0.730. The molecule has 39 heavy (non-hydrogen) atoms. The van der Waals surface area contributed by atoms with Gasteiger partial charge in [-0.2, -0.15) is 0 Å². The van der Waals surface area contributed by atoms with Crippen molar-refractivity contribution in [2.75, 3.05) is 26.4 Å². The first-order chi connectivity index (χ1) is 19.1. The van der Waals surface area contributed by atoms with Crippen LogP contribution in [-0.4, -0.2) is 66.7 Å². The van der Waals surface area contributed by atoms with Gasteiger partial charge in [-0.15, -0.1) is 0 Å². The molecule has 7 heteroatoms. The van der Waals surface area contributed by atoms with Crippen molar-refractivity contribution in [1.29, 1.82) is 0 Å². The van der Waals surface area contributed by atoms with Crippen LogP contribution in [0.25, 0.3) is 0 Å². The minimum absolute atomic E-state index is 0.0242. The highest BCUT2D eigenvalue weighted by molar-refractivity contribution is 5.69. The molecule has 3 atom stereocenters. The van der Waals surface area contributed by atoms with Gasteiger partial charge in [-0.25, -0.2) is 0 Å². The fourth-order valence-electron chi connectivity index (χ4n) is 5.84. The van der Waals surface area contributed by atoms with Crippen molar-refractivity contribution in [2.24, 2.45) is 0 Å². The molecule has 0 aromatic rings. The molecule has 0 aliphatic carbocycles. The third kappa shape index (κ3) is 14.1. The summed E-state index contributed by atoms with van der Waals surface area (Å²) >= 11 is 0. The van der Waals surface area contributed by atoms with E-state index in [9.17, 15) is 15.0 Å². The van der Waals surface area contributed by atoms with Crippen molar-refractivity contribution in [3.8, 4) is 0 Å². The number of unbranched alkanes of at least 4 members (excludes halogenated alkanes) is 20. The van der Waals surface area contributed by atoms with E-state index in [2.05, 4.69) is 6.92 Å². The fourth-order valence-corrected chi connectivity index (χ4v) is 5.84. The second-order valence-corrected chi connectivity index (χ2v) is 11.8. The lowest BCUT2D eigenvalue weighted by Crippen LogP contribution is -2.54. The lowest BCUT2D eigenvalue weighted by Gasteiger charge is -2.33. The van der Waals surface area contributed by atoms with Gasteiger partial charge in [0.2, 0.25) is 5.79 Å². The molecule has 2 fully saturated rings. The number of rotatable bonds is 25. The third-order valence-corrected chi connectivity index (χ3v) is 8.31. The van der Waals surface area contributed by atoms with Gasteiger partial charge in [-0.3, -0.25) is 4.79 Å². The molecular weight excluding hydrogens is 496 g/mol. The molecule has 0 spiro atoms. The van der Waals surface area contributed by atoms with E-state index in [-0.39, 0.29) is 12.6 Å². The zero-order chi connectivity index (χ0) is 28.0. The molecule has 2 aliphatic rings. The molecule has 7 nitrogen and oxygen atoms in total. The van der Waals surface area contributed by atoms with E-state index in [4.69, 9.17) is 18.9 Å². The summed E-state index contributed by atoms with van der Waals surface area (Å²) in [7, 11) is 0. The van der Waals surface area contributed by atoms with Gasteiger partial charge >= 0.3 is 5.97 Å². The summed E-state index contributed by atoms with van der Waals surface area (Å²) in [6, 6.07) is 0. The van der Waals surface area contributed by atoms with Gasteiger partial charge in [0.1, 0.15) is 12.7 Å². The van der Waals surface area contributed by atoms with Crippen LogP contribution in [0.4, 0.5) is 0 Å². The van der Waals surface area contributed by atoms with E-state index in [0.717, 1.165) is 19.3 Å². The zero-order valence-electron chi connectivity index (χ0n) is 25.1. The minimum Gasteiger partial charge on any atom is -0.456 e. The number of carbonyl (C=O) groups is 1. The number of esters is 1. The summed E-state index contributed by atoms with van der Waals surface area (Å²) in [5.74, 6) is -1.71. The number of aliphatic hydroxyl groups excluding tert-OH is 2. The molecule has 0 amide bonds. The van der Waals surface area contributed by atoms with Crippen molar-refractivity contribution in [1.82, 2.24) is 0 Å². The van der Waals surface area contributed by atoms with Gasteiger partial charge in [-0.05, 0) is 6.42 Å². The maximum atomic E-state index is 12.4. The molecule has 2 saturated heterocycles. The number of ether oxygens (including phenoxy) is 4. The van der Waals surface area contributed by atoms with Crippen LogP contribution in [-0.2, 0) is 23.7 Å². The first-order valence-corrected chi connectivity index (χ1v) is 16.5. The standard InChI is InChI=1S/C32H60O7/c1-2-3-4-5-6-7-8-9-10-11-12-13-14-15-16-17-18-19-20-21-22-23-29(35)39-30-28(34)26-36-31(30)32(27-33)37-24-25-38-32/h28,30-31,33-34H,2-27H2,1H3/t28-,30+,31-/m0/s1. The van der Waals surface area contributed by atoms with Crippen LogP contribution < -0.4 is 0 Å². The van der Waals surface area contributed by atoms with E-state index in [1.807, 2.05) is 0 Å².